The highest BCUT2D eigenvalue weighted by Crippen LogP contribution is 2.44. The van der Waals surface area contributed by atoms with E-state index in [9.17, 15) is 0 Å². The van der Waals surface area contributed by atoms with E-state index in [1.54, 1.807) is 0 Å². The minimum Gasteiger partial charge on any atom is -0.309 e. The standard InChI is InChI=1S/C50H30N4/c1-2-16-32(17-3-1)47-50(52-49-37-23-9-7-21-35(37)34-20-6-8-22-36(34)48(49)51-47)54-42-27-13-11-25-39(42)46-44(54)30-29-43-45(46)38-24-10-12-26-41(38)53(43)40-28-14-18-31-15-4-5-19-33(31)40/h1-30H. The van der Waals surface area contributed by atoms with Gasteiger partial charge >= 0.3 is 0 Å². The van der Waals surface area contributed by atoms with Crippen molar-refractivity contribution in [2.75, 3.05) is 0 Å². The molecule has 0 saturated heterocycles. The fourth-order valence-electron chi connectivity index (χ4n) is 9.01. The zero-order valence-electron chi connectivity index (χ0n) is 29.1. The molecule has 4 nitrogen and oxygen atoms in total. The van der Waals surface area contributed by atoms with Crippen molar-refractivity contribution in [1.29, 1.82) is 0 Å². The molecule has 250 valence electrons. The Morgan fingerprint density at radius 2 is 0.796 bits per heavy atom. The lowest BCUT2D eigenvalue weighted by Gasteiger charge is -2.16. The molecule has 0 amide bonds. The zero-order valence-corrected chi connectivity index (χ0v) is 29.1. The maximum atomic E-state index is 5.70. The summed E-state index contributed by atoms with van der Waals surface area (Å²) in [4.78, 5) is 11.3. The minimum absolute atomic E-state index is 0.817. The molecule has 0 aliphatic heterocycles. The topological polar surface area (TPSA) is 35.6 Å². The van der Waals surface area contributed by atoms with E-state index in [4.69, 9.17) is 9.97 Å². The fraction of sp³-hybridized carbons (Fsp3) is 0. The van der Waals surface area contributed by atoms with Crippen LogP contribution in [0.1, 0.15) is 0 Å². The number of para-hydroxylation sites is 2. The van der Waals surface area contributed by atoms with E-state index in [1.165, 1.54) is 59.8 Å². The van der Waals surface area contributed by atoms with Gasteiger partial charge in [-0.15, -0.1) is 0 Å². The summed E-state index contributed by atoms with van der Waals surface area (Å²) in [6, 6.07) is 65.2. The van der Waals surface area contributed by atoms with E-state index >= 15 is 0 Å². The third-order valence-corrected chi connectivity index (χ3v) is 11.3. The Hall–Kier alpha value is -7.30. The van der Waals surface area contributed by atoms with Crippen molar-refractivity contribution in [3.05, 3.63) is 182 Å². The van der Waals surface area contributed by atoms with Gasteiger partial charge in [0.2, 0.25) is 0 Å². The highest BCUT2D eigenvalue weighted by molar-refractivity contribution is 6.29. The van der Waals surface area contributed by atoms with E-state index < -0.39 is 0 Å². The number of benzene rings is 9. The van der Waals surface area contributed by atoms with Crippen molar-refractivity contribution in [3.63, 3.8) is 0 Å². The summed E-state index contributed by atoms with van der Waals surface area (Å²) in [5.41, 5.74) is 9.41. The molecule has 0 spiro atoms. The van der Waals surface area contributed by atoms with Crippen LogP contribution in [0.4, 0.5) is 0 Å². The van der Waals surface area contributed by atoms with Crippen LogP contribution in [0.5, 0.6) is 0 Å². The van der Waals surface area contributed by atoms with Crippen LogP contribution in [0.3, 0.4) is 0 Å². The number of hydrogen-bond acceptors (Lipinski definition) is 2. The SMILES string of the molecule is c1ccc(-c2nc3c4ccccc4c4ccccc4c3nc2-n2c3ccccc3c3c4c5ccccc5n(-c5cccc6ccccc56)c4ccc32)cc1. The van der Waals surface area contributed by atoms with Gasteiger partial charge in [-0.1, -0.05) is 152 Å². The van der Waals surface area contributed by atoms with E-state index in [0.29, 0.717) is 0 Å². The average Bonchev–Trinajstić information content (AvgIpc) is 3.76. The first-order valence-electron chi connectivity index (χ1n) is 18.4. The lowest BCUT2D eigenvalue weighted by Crippen LogP contribution is -2.04. The Balaban J connectivity index is 1.26. The summed E-state index contributed by atoms with van der Waals surface area (Å²) in [7, 11) is 0. The van der Waals surface area contributed by atoms with Gasteiger partial charge in [0.05, 0.1) is 38.8 Å². The molecule has 12 rings (SSSR count). The molecular formula is C50H30N4. The second kappa shape index (κ2) is 11.1. The molecule has 0 aliphatic carbocycles. The zero-order chi connectivity index (χ0) is 35.3. The maximum Gasteiger partial charge on any atom is 0.165 e. The molecule has 12 aromatic rings. The van der Waals surface area contributed by atoms with Crippen LogP contribution in [0, 0.1) is 0 Å². The molecule has 0 aliphatic rings. The number of rotatable bonds is 3. The van der Waals surface area contributed by atoms with Crippen molar-refractivity contribution < 1.29 is 0 Å². The molecule has 0 unspecified atom stereocenters. The smallest absolute Gasteiger partial charge is 0.165 e. The van der Waals surface area contributed by atoms with Crippen LogP contribution in [0.25, 0.3) is 110 Å². The molecule has 3 heterocycles. The van der Waals surface area contributed by atoms with Crippen LogP contribution >= 0.6 is 0 Å². The van der Waals surface area contributed by atoms with Crippen LogP contribution in [-0.2, 0) is 0 Å². The summed E-state index contributed by atoms with van der Waals surface area (Å²) in [5.74, 6) is 0.817. The van der Waals surface area contributed by atoms with Crippen molar-refractivity contribution in [2.45, 2.75) is 0 Å². The average molecular weight is 687 g/mol. The molecule has 54 heavy (non-hydrogen) atoms. The maximum absolute atomic E-state index is 5.70. The van der Waals surface area contributed by atoms with Crippen molar-refractivity contribution in [3.8, 4) is 22.8 Å². The van der Waals surface area contributed by atoms with E-state index in [0.717, 1.165) is 49.9 Å². The number of fused-ring (bicyclic) bond motifs is 14. The van der Waals surface area contributed by atoms with Crippen molar-refractivity contribution >= 4 is 87.0 Å². The normalized spacial score (nSPS) is 12.1. The van der Waals surface area contributed by atoms with Gasteiger partial charge in [0, 0.05) is 43.3 Å². The summed E-state index contributed by atoms with van der Waals surface area (Å²) in [6.07, 6.45) is 0. The van der Waals surface area contributed by atoms with Crippen molar-refractivity contribution in [2.24, 2.45) is 0 Å². The van der Waals surface area contributed by atoms with Gasteiger partial charge < -0.3 is 4.57 Å². The first-order chi connectivity index (χ1) is 26.8. The molecule has 0 fully saturated rings. The first kappa shape index (κ1) is 29.3. The predicted molar refractivity (Wildman–Crippen MR) is 226 cm³/mol. The van der Waals surface area contributed by atoms with Gasteiger partial charge in [0.25, 0.3) is 0 Å². The minimum atomic E-state index is 0.817. The molecular weight excluding hydrogens is 657 g/mol. The predicted octanol–water partition coefficient (Wildman–Crippen LogP) is 13.0. The molecule has 3 aromatic heterocycles. The highest BCUT2D eigenvalue weighted by atomic mass is 15.1. The summed E-state index contributed by atoms with van der Waals surface area (Å²) in [5, 5.41) is 11.9. The van der Waals surface area contributed by atoms with Crippen LogP contribution in [-0.4, -0.2) is 19.1 Å². The Morgan fingerprint density at radius 1 is 0.315 bits per heavy atom. The van der Waals surface area contributed by atoms with Gasteiger partial charge in [-0.2, -0.15) is 0 Å². The van der Waals surface area contributed by atoms with E-state index in [1.807, 2.05) is 0 Å². The van der Waals surface area contributed by atoms with Gasteiger partial charge in [-0.3, -0.25) is 4.57 Å². The molecule has 0 saturated carbocycles. The summed E-state index contributed by atoms with van der Waals surface area (Å²) < 4.78 is 4.80. The second-order valence-electron chi connectivity index (χ2n) is 14.1. The first-order valence-corrected chi connectivity index (χ1v) is 18.4. The molecule has 0 atom stereocenters. The Labute approximate surface area is 309 Å². The lowest BCUT2D eigenvalue weighted by molar-refractivity contribution is 1.08. The third kappa shape index (κ3) is 3.97. The summed E-state index contributed by atoms with van der Waals surface area (Å²) >= 11 is 0. The fourth-order valence-corrected chi connectivity index (χ4v) is 9.01. The summed E-state index contributed by atoms with van der Waals surface area (Å²) in [6.45, 7) is 0. The monoisotopic (exact) mass is 686 g/mol. The molecule has 0 N–H and O–H groups in total. The lowest BCUT2D eigenvalue weighted by atomic mass is 9.99. The van der Waals surface area contributed by atoms with Crippen LogP contribution in [0.15, 0.2) is 182 Å². The van der Waals surface area contributed by atoms with Gasteiger partial charge in [-0.25, -0.2) is 9.97 Å². The molecule has 0 radical (unpaired) electrons. The highest BCUT2D eigenvalue weighted by Gasteiger charge is 2.24. The number of hydrogen-bond donors (Lipinski definition) is 0. The van der Waals surface area contributed by atoms with E-state index in [-0.39, 0.29) is 0 Å². The largest absolute Gasteiger partial charge is 0.309 e. The Morgan fingerprint density at radius 3 is 1.46 bits per heavy atom. The number of aromatic nitrogens is 4. The van der Waals surface area contributed by atoms with Crippen LogP contribution < -0.4 is 0 Å². The van der Waals surface area contributed by atoms with E-state index in [2.05, 4.69) is 191 Å². The van der Waals surface area contributed by atoms with Crippen molar-refractivity contribution in [1.82, 2.24) is 19.1 Å². The third-order valence-electron chi connectivity index (χ3n) is 11.3. The molecule has 9 aromatic carbocycles. The Kier molecular flexibility index (Phi) is 6.02. The number of nitrogens with zero attached hydrogens (tertiary/aromatic N) is 4. The van der Waals surface area contributed by atoms with Crippen LogP contribution in [0.2, 0.25) is 0 Å². The molecule has 0 bridgehead atoms. The quantitative estimate of drug-likeness (QED) is 0.173. The van der Waals surface area contributed by atoms with Gasteiger partial charge in [-0.05, 0) is 46.5 Å². The Bertz CT molecular complexity index is 3490. The molecule has 4 heteroatoms. The van der Waals surface area contributed by atoms with Gasteiger partial charge in [0.1, 0.15) is 5.69 Å². The van der Waals surface area contributed by atoms with Gasteiger partial charge in [0.15, 0.2) is 5.82 Å². The second-order valence-corrected chi connectivity index (χ2v) is 14.1.